The van der Waals surface area contributed by atoms with Gasteiger partial charge in [0, 0.05) is 0 Å². The van der Waals surface area contributed by atoms with Crippen LogP contribution in [0.15, 0.2) is 24.3 Å². The zero-order valence-corrected chi connectivity index (χ0v) is 11.1. The van der Waals surface area contributed by atoms with E-state index in [9.17, 15) is 19.1 Å². The molecule has 1 saturated carbocycles. The van der Waals surface area contributed by atoms with Gasteiger partial charge in [-0.3, -0.25) is 0 Å². The lowest BCUT2D eigenvalue weighted by Crippen LogP contribution is -2.30. The minimum Gasteiger partial charge on any atom is -0.435 e. The van der Waals surface area contributed by atoms with Gasteiger partial charge >= 0.3 is 6.61 Å². The molecule has 108 valence electrons. The smallest absolute Gasteiger partial charge is 0.387 e. The summed E-state index contributed by atoms with van der Waals surface area (Å²) in [7, 11) is 0. The summed E-state index contributed by atoms with van der Waals surface area (Å²) in [6.45, 7) is -2.87. The third-order valence-electron chi connectivity index (χ3n) is 3.91. The predicted molar refractivity (Wildman–Crippen MR) is 69.2 cm³/mol. The molecule has 1 aliphatic rings. The van der Waals surface area contributed by atoms with Crippen LogP contribution in [0, 0.1) is 16.7 Å². The Morgan fingerprint density at radius 2 is 1.75 bits per heavy atom. The Morgan fingerprint density at radius 3 is 2.25 bits per heavy atom. The van der Waals surface area contributed by atoms with Gasteiger partial charge in [0.15, 0.2) is 0 Å². The highest BCUT2D eigenvalue weighted by Crippen LogP contribution is 2.45. The Hall–Kier alpha value is -1.67. The number of rotatable bonds is 4. The molecule has 0 amide bonds. The number of ether oxygens (including phenoxy) is 1. The molecular formula is C15H17F2NO2. The van der Waals surface area contributed by atoms with Crippen LogP contribution in [0.5, 0.6) is 5.75 Å². The lowest BCUT2D eigenvalue weighted by molar-refractivity contribution is -0.0499. The number of halogens is 2. The first-order chi connectivity index (χ1) is 9.57. The number of aliphatic hydroxyl groups is 1. The summed E-state index contributed by atoms with van der Waals surface area (Å²) in [6.07, 6.45) is 3.37. The number of nitrogens with zero attached hydrogens (tertiary/aromatic N) is 1. The number of hydrogen-bond acceptors (Lipinski definition) is 3. The number of alkyl halides is 2. The SMILES string of the molecule is N#CC1(C(O)c2ccc(OC(F)F)cc2)CCCCC1. The molecule has 1 fully saturated rings. The molecule has 1 aromatic rings. The highest BCUT2D eigenvalue weighted by Gasteiger charge is 2.40. The van der Waals surface area contributed by atoms with Crippen molar-refractivity contribution < 1.29 is 18.6 Å². The van der Waals surface area contributed by atoms with Gasteiger partial charge in [0.25, 0.3) is 0 Å². The molecule has 0 bridgehead atoms. The summed E-state index contributed by atoms with van der Waals surface area (Å²) in [6, 6.07) is 8.11. The quantitative estimate of drug-likeness (QED) is 0.913. The highest BCUT2D eigenvalue weighted by atomic mass is 19.3. The van der Waals surface area contributed by atoms with Crippen LogP contribution in [0.1, 0.15) is 43.8 Å². The number of nitriles is 1. The summed E-state index contributed by atoms with van der Waals surface area (Å²) < 4.78 is 28.4. The highest BCUT2D eigenvalue weighted by molar-refractivity contribution is 5.30. The minimum absolute atomic E-state index is 0.0469. The summed E-state index contributed by atoms with van der Waals surface area (Å²) in [5.41, 5.74) is -0.196. The fourth-order valence-corrected chi connectivity index (χ4v) is 2.78. The van der Waals surface area contributed by atoms with Gasteiger partial charge in [-0.2, -0.15) is 14.0 Å². The van der Waals surface area contributed by atoms with Gasteiger partial charge in [0.05, 0.1) is 17.6 Å². The molecule has 5 heteroatoms. The van der Waals surface area contributed by atoms with Crippen molar-refractivity contribution in [1.29, 1.82) is 5.26 Å². The fraction of sp³-hybridized carbons (Fsp3) is 0.533. The largest absolute Gasteiger partial charge is 0.435 e. The Morgan fingerprint density at radius 1 is 1.15 bits per heavy atom. The van der Waals surface area contributed by atoms with Crippen molar-refractivity contribution in [1.82, 2.24) is 0 Å². The van der Waals surface area contributed by atoms with Gasteiger partial charge in [-0.25, -0.2) is 0 Å². The first-order valence-corrected chi connectivity index (χ1v) is 6.71. The van der Waals surface area contributed by atoms with Crippen molar-refractivity contribution in [2.24, 2.45) is 5.41 Å². The van der Waals surface area contributed by atoms with Crippen LogP contribution >= 0.6 is 0 Å². The zero-order valence-electron chi connectivity index (χ0n) is 11.1. The van der Waals surface area contributed by atoms with E-state index in [1.54, 1.807) is 0 Å². The number of benzene rings is 1. The monoisotopic (exact) mass is 281 g/mol. The molecular weight excluding hydrogens is 264 g/mol. The Labute approximate surface area is 116 Å². The van der Waals surface area contributed by atoms with Crippen molar-refractivity contribution in [2.75, 3.05) is 0 Å². The second kappa shape index (κ2) is 6.19. The molecule has 2 rings (SSSR count). The van der Waals surface area contributed by atoms with Gasteiger partial charge in [-0.15, -0.1) is 0 Å². The number of aliphatic hydroxyl groups excluding tert-OH is 1. The summed E-state index contributed by atoms with van der Waals surface area (Å²) in [4.78, 5) is 0. The van der Waals surface area contributed by atoms with Crippen LogP contribution in [0.4, 0.5) is 8.78 Å². The molecule has 1 unspecified atom stereocenters. The molecule has 1 N–H and O–H groups in total. The van der Waals surface area contributed by atoms with Gasteiger partial charge < -0.3 is 9.84 Å². The maximum Gasteiger partial charge on any atom is 0.387 e. The van der Waals surface area contributed by atoms with Crippen LogP contribution in [0.2, 0.25) is 0 Å². The van der Waals surface area contributed by atoms with E-state index >= 15 is 0 Å². The van der Waals surface area contributed by atoms with Gasteiger partial charge in [0.2, 0.25) is 0 Å². The van der Waals surface area contributed by atoms with Crippen LogP contribution in [0.3, 0.4) is 0 Å². The molecule has 1 aromatic carbocycles. The van der Waals surface area contributed by atoms with Crippen LogP contribution < -0.4 is 4.74 Å². The van der Waals surface area contributed by atoms with E-state index in [-0.39, 0.29) is 5.75 Å². The number of hydrogen-bond donors (Lipinski definition) is 1. The predicted octanol–water partition coefficient (Wildman–Crippen LogP) is 3.80. The van der Waals surface area contributed by atoms with Crippen molar-refractivity contribution in [3.63, 3.8) is 0 Å². The molecule has 0 aromatic heterocycles. The van der Waals surface area contributed by atoms with Crippen molar-refractivity contribution >= 4 is 0 Å². The molecule has 1 atom stereocenters. The Kier molecular flexibility index (Phi) is 4.56. The molecule has 0 spiro atoms. The maximum atomic E-state index is 12.1. The second-order valence-corrected chi connectivity index (χ2v) is 5.18. The van der Waals surface area contributed by atoms with E-state index in [2.05, 4.69) is 10.8 Å². The summed E-state index contributed by atoms with van der Waals surface area (Å²) >= 11 is 0. The molecule has 0 aliphatic heterocycles. The fourth-order valence-electron chi connectivity index (χ4n) is 2.78. The van der Waals surface area contributed by atoms with Crippen molar-refractivity contribution in [2.45, 2.75) is 44.8 Å². The maximum absolute atomic E-state index is 12.1. The Balaban J connectivity index is 2.15. The van der Waals surface area contributed by atoms with Gasteiger partial charge in [0.1, 0.15) is 5.75 Å². The average Bonchev–Trinajstić information content (AvgIpc) is 2.47. The van der Waals surface area contributed by atoms with E-state index in [0.717, 1.165) is 19.3 Å². The molecule has 0 saturated heterocycles. The van der Waals surface area contributed by atoms with E-state index in [4.69, 9.17) is 0 Å². The Bertz CT molecular complexity index is 476. The molecule has 0 heterocycles. The molecule has 20 heavy (non-hydrogen) atoms. The van der Waals surface area contributed by atoms with E-state index < -0.39 is 18.1 Å². The van der Waals surface area contributed by atoms with Crippen molar-refractivity contribution in [3.8, 4) is 11.8 Å². The third-order valence-corrected chi connectivity index (χ3v) is 3.91. The topological polar surface area (TPSA) is 53.2 Å². The van der Waals surface area contributed by atoms with Crippen LogP contribution in [-0.2, 0) is 0 Å². The third kappa shape index (κ3) is 3.07. The van der Waals surface area contributed by atoms with E-state index in [0.29, 0.717) is 18.4 Å². The van der Waals surface area contributed by atoms with E-state index in [1.807, 2.05) is 0 Å². The normalized spacial score (nSPS) is 19.4. The lowest BCUT2D eigenvalue weighted by Gasteiger charge is -2.35. The minimum atomic E-state index is -2.87. The van der Waals surface area contributed by atoms with Crippen LogP contribution in [-0.4, -0.2) is 11.7 Å². The lowest BCUT2D eigenvalue weighted by atomic mass is 9.69. The first kappa shape index (κ1) is 14.7. The average molecular weight is 281 g/mol. The second-order valence-electron chi connectivity index (χ2n) is 5.18. The zero-order chi connectivity index (χ0) is 14.6. The van der Waals surface area contributed by atoms with Crippen LogP contribution in [0.25, 0.3) is 0 Å². The standard InChI is InChI=1S/C15H17F2NO2/c16-14(17)20-12-6-4-11(5-7-12)13(19)15(10-18)8-2-1-3-9-15/h4-7,13-14,19H,1-3,8-9H2. The first-order valence-electron chi connectivity index (χ1n) is 6.71. The summed E-state index contributed by atoms with van der Waals surface area (Å²) in [5.74, 6) is 0.0469. The summed E-state index contributed by atoms with van der Waals surface area (Å²) in [5, 5.41) is 19.9. The van der Waals surface area contributed by atoms with Crippen molar-refractivity contribution in [3.05, 3.63) is 29.8 Å². The van der Waals surface area contributed by atoms with E-state index in [1.165, 1.54) is 24.3 Å². The molecule has 3 nitrogen and oxygen atoms in total. The molecule has 0 radical (unpaired) electrons. The van der Waals surface area contributed by atoms with Gasteiger partial charge in [-0.1, -0.05) is 31.4 Å². The van der Waals surface area contributed by atoms with Gasteiger partial charge in [-0.05, 0) is 30.5 Å². The molecule has 1 aliphatic carbocycles.